The van der Waals surface area contributed by atoms with Crippen LogP contribution in [0, 0.1) is 0 Å². The molecule has 0 aliphatic carbocycles. The summed E-state index contributed by atoms with van der Waals surface area (Å²) in [6.07, 6.45) is 1.23. The number of benzene rings is 2. The van der Waals surface area contributed by atoms with E-state index in [1.54, 1.807) is 6.07 Å². The number of aromatic amines is 1. The number of aromatic nitrogens is 2. The number of rotatable bonds is 3. The largest absolute Gasteiger partial charge is 0.323 e. The highest BCUT2D eigenvalue weighted by Gasteiger charge is 2.10. The smallest absolute Gasteiger partial charge is 0.247 e. The zero-order valence-electron chi connectivity index (χ0n) is 11.1. The van der Waals surface area contributed by atoms with E-state index in [2.05, 4.69) is 22.1 Å². The van der Waals surface area contributed by atoms with Crippen molar-refractivity contribution in [3.05, 3.63) is 60.1 Å². The van der Waals surface area contributed by atoms with Gasteiger partial charge in [-0.05, 0) is 24.3 Å². The molecule has 4 nitrogen and oxygen atoms in total. The Morgan fingerprint density at radius 2 is 2.10 bits per heavy atom. The highest BCUT2D eigenvalue weighted by molar-refractivity contribution is 6.35. The predicted octanol–water partition coefficient (Wildman–Crippen LogP) is 4.01. The summed E-state index contributed by atoms with van der Waals surface area (Å²) in [5.41, 5.74) is 3.21. The lowest BCUT2D eigenvalue weighted by atomic mass is 10.1. The van der Waals surface area contributed by atoms with Gasteiger partial charge < -0.3 is 5.32 Å². The first-order valence-corrected chi connectivity index (χ1v) is 6.73. The molecule has 0 bridgehead atoms. The van der Waals surface area contributed by atoms with E-state index in [4.69, 9.17) is 11.6 Å². The monoisotopic (exact) mass is 297 g/mol. The van der Waals surface area contributed by atoms with Crippen molar-refractivity contribution >= 4 is 34.1 Å². The van der Waals surface area contributed by atoms with E-state index < -0.39 is 0 Å². The van der Waals surface area contributed by atoms with Gasteiger partial charge in [-0.2, -0.15) is 5.10 Å². The molecule has 2 N–H and O–H groups in total. The molecule has 0 aliphatic rings. The summed E-state index contributed by atoms with van der Waals surface area (Å²) in [6, 6.07) is 13.1. The van der Waals surface area contributed by atoms with Crippen LogP contribution >= 0.6 is 11.6 Å². The topological polar surface area (TPSA) is 57.8 Å². The summed E-state index contributed by atoms with van der Waals surface area (Å²) >= 11 is 6.13. The van der Waals surface area contributed by atoms with Crippen LogP contribution in [-0.4, -0.2) is 16.1 Å². The molecule has 1 amide bonds. The fourth-order valence-corrected chi connectivity index (χ4v) is 2.39. The number of halogens is 1. The van der Waals surface area contributed by atoms with Gasteiger partial charge in [0.25, 0.3) is 0 Å². The Hall–Kier alpha value is -2.59. The maximum absolute atomic E-state index is 11.4. The summed E-state index contributed by atoms with van der Waals surface area (Å²) in [5.74, 6) is -0.246. The number of hydrogen-bond acceptors (Lipinski definition) is 2. The zero-order chi connectivity index (χ0) is 14.8. The second kappa shape index (κ2) is 5.42. The van der Waals surface area contributed by atoms with Crippen molar-refractivity contribution in [1.29, 1.82) is 0 Å². The lowest BCUT2D eigenvalue weighted by Crippen LogP contribution is -2.06. The molecular formula is C16H12ClN3O. The van der Waals surface area contributed by atoms with Crippen molar-refractivity contribution in [3.8, 4) is 11.3 Å². The standard InChI is InChI=1S/C16H12ClN3O/c1-2-14(21)18-11-6-3-5-10(9-11)15-12-7-4-8-13(17)16(12)20-19-15/h2-9H,1H2,(H,18,21)(H,19,20). The van der Waals surface area contributed by atoms with Crippen LogP contribution in [0.5, 0.6) is 0 Å². The summed E-state index contributed by atoms with van der Waals surface area (Å²) in [5, 5.41) is 11.5. The SMILES string of the molecule is C=CC(=O)Nc1cccc(-c2[nH]nc3c(Cl)cccc23)c1. The number of carbonyl (C=O) groups excluding carboxylic acids is 1. The molecule has 0 saturated heterocycles. The normalized spacial score (nSPS) is 10.5. The van der Waals surface area contributed by atoms with Gasteiger partial charge in [0.1, 0.15) is 5.52 Å². The molecule has 3 rings (SSSR count). The lowest BCUT2D eigenvalue weighted by molar-refractivity contribution is -0.111. The third-order valence-corrected chi connectivity index (χ3v) is 3.44. The second-order valence-electron chi connectivity index (χ2n) is 4.51. The van der Waals surface area contributed by atoms with Gasteiger partial charge in [-0.1, -0.05) is 42.4 Å². The van der Waals surface area contributed by atoms with Gasteiger partial charge in [0.05, 0.1) is 10.7 Å². The highest BCUT2D eigenvalue weighted by Crippen LogP contribution is 2.31. The summed E-state index contributed by atoms with van der Waals surface area (Å²) < 4.78 is 0. The molecule has 0 saturated carbocycles. The molecule has 2 aromatic carbocycles. The minimum Gasteiger partial charge on any atom is -0.323 e. The molecular weight excluding hydrogens is 286 g/mol. The van der Waals surface area contributed by atoms with E-state index in [0.29, 0.717) is 10.7 Å². The van der Waals surface area contributed by atoms with Gasteiger partial charge in [0.2, 0.25) is 5.91 Å². The van der Waals surface area contributed by atoms with Crippen molar-refractivity contribution in [2.75, 3.05) is 5.32 Å². The van der Waals surface area contributed by atoms with Gasteiger partial charge in [-0.15, -0.1) is 0 Å². The number of carbonyl (C=O) groups is 1. The van der Waals surface area contributed by atoms with Gasteiger partial charge in [0, 0.05) is 16.6 Å². The highest BCUT2D eigenvalue weighted by atomic mass is 35.5. The Morgan fingerprint density at radius 1 is 1.29 bits per heavy atom. The van der Waals surface area contributed by atoms with E-state index in [1.165, 1.54) is 6.08 Å². The number of amides is 1. The Kier molecular flexibility index (Phi) is 3.46. The number of fused-ring (bicyclic) bond motifs is 1. The fourth-order valence-electron chi connectivity index (χ4n) is 2.17. The van der Waals surface area contributed by atoms with Crippen molar-refractivity contribution in [1.82, 2.24) is 10.2 Å². The van der Waals surface area contributed by atoms with E-state index in [9.17, 15) is 4.79 Å². The average molecular weight is 298 g/mol. The van der Waals surface area contributed by atoms with E-state index in [0.717, 1.165) is 22.2 Å². The maximum atomic E-state index is 11.4. The number of H-pyrrole nitrogens is 1. The van der Waals surface area contributed by atoms with Gasteiger partial charge in [0.15, 0.2) is 0 Å². The van der Waals surface area contributed by atoms with Crippen LogP contribution in [0.4, 0.5) is 5.69 Å². The third kappa shape index (κ3) is 2.53. The predicted molar refractivity (Wildman–Crippen MR) is 85.4 cm³/mol. The molecule has 0 aliphatic heterocycles. The fraction of sp³-hybridized carbons (Fsp3) is 0. The molecule has 3 aromatic rings. The van der Waals surface area contributed by atoms with E-state index in [-0.39, 0.29) is 5.91 Å². The number of anilines is 1. The van der Waals surface area contributed by atoms with Crippen LogP contribution in [0.3, 0.4) is 0 Å². The molecule has 1 heterocycles. The average Bonchev–Trinajstić information content (AvgIpc) is 2.93. The van der Waals surface area contributed by atoms with E-state index >= 15 is 0 Å². The minimum atomic E-state index is -0.246. The van der Waals surface area contributed by atoms with Crippen molar-refractivity contribution < 1.29 is 4.79 Å². The molecule has 0 spiro atoms. The number of hydrogen-bond donors (Lipinski definition) is 2. The van der Waals surface area contributed by atoms with E-state index in [1.807, 2.05) is 36.4 Å². The lowest BCUT2D eigenvalue weighted by Gasteiger charge is -2.05. The summed E-state index contributed by atoms with van der Waals surface area (Å²) in [7, 11) is 0. The first-order valence-electron chi connectivity index (χ1n) is 6.35. The van der Waals surface area contributed by atoms with Gasteiger partial charge in [-0.25, -0.2) is 0 Å². The first kappa shape index (κ1) is 13.4. The molecule has 0 radical (unpaired) electrons. The van der Waals surface area contributed by atoms with Crippen molar-refractivity contribution in [2.24, 2.45) is 0 Å². The van der Waals surface area contributed by atoms with Crippen LogP contribution < -0.4 is 5.32 Å². The van der Waals surface area contributed by atoms with Crippen LogP contribution in [0.25, 0.3) is 22.2 Å². The minimum absolute atomic E-state index is 0.246. The van der Waals surface area contributed by atoms with Crippen molar-refractivity contribution in [2.45, 2.75) is 0 Å². The number of nitrogens with zero attached hydrogens (tertiary/aromatic N) is 1. The number of nitrogens with one attached hydrogen (secondary N) is 2. The number of para-hydroxylation sites is 1. The first-order chi connectivity index (χ1) is 10.2. The molecule has 104 valence electrons. The zero-order valence-corrected chi connectivity index (χ0v) is 11.8. The quantitative estimate of drug-likeness (QED) is 0.718. The Labute approximate surface area is 126 Å². The Balaban J connectivity index is 2.07. The third-order valence-electron chi connectivity index (χ3n) is 3.14. The molecule has 0 unspecified atom stereocenters. The molecule has 21 heavy (non-hydrogen) atoms. The molecule has 0 fully saturated rings. The molecule has 5 heteroatoms. The van der Waals surface area contributed by atoms with Crippen LogP contribution in [-0.2, 0) is 4.79 Å². The van der Waals surface area contributed by atoms with Crippen LogP contribution in [0.1, 0.15) is 0 Å². The Bertz CT molecular complexity index is 838. The van der Waals surface area contributed by atoms with Crippen LogP contribution in [0.2, 0.25) is 5.02 Å². The second-order valence-corrected chi connectivity index (χ2v) is 4.92. The van der Waals surface area contributed by atoms with Crippen molar-refractivity contribution in [3.63, 3.8) is 0 Å². The molecule has 0 atom stereocenters. The molecule has 1 aromatic heterocycles. The Morgan fingerprint density at radius 3 is 2.90 bits per heavy atom. The van der Waals surface area contributed by atoms with Crippen LogP contribution in [0.15, 0.2) is 55.1 Å². The van der Waals surface area contributed by atoms with Gasteiger partial charge in [-0.3, -0.25) is 9.89 Å². The maximum Gasteiger partial charge on any atom is 0.247 e. The summed E-state index contributed by atoms with van der Waals surface area (Å²) in [6.45, 7) is 3.44. The summed E-state index contributed by atoms with van der Waals surface area (Å²) in [4.78, 5) is 11.4. The van der Waals surface area contributed by atoms with Gasteiger partial charge >= 0.3 is 0 Å².